The SMILES string of the molecule is CCC(=O)N1CCN(C(C(=O)NC(C)CCc2ccccc2)C2CCCC2)CC1. The zero-order valence-electron chi connectivity index (χ0n) is 18.1. The molecule has 3 rings (SSSR count). The highest BCUT2D eigenvalue weighted by Gasteiger charge is 2.37. The van der Waals surface area contributed by atoms with Crippen molar-refractivity contribution >= 4 is 11.8 Å². The van der Waals surface area contributed by atoms with Crippen molar-refractivity contribution in [3.8, 4) is 0 Å². The summed E-state index contributed by atoms with van der Waals surface area (Å²) >= 11 is 0. The summed E-state index contributed by atoms with van der Waals surface area (Å²) in [4.78, 5) is 29.6. The Morgan fingerprint density at radius 3 is 2.34 bits per heavy atom. The van der Waals surface area contributed by atoms with Gasteiger partial charge in [-0.2, -0.15) is 0 Å². The summed E-state index contributed by atoms with van der Waals surface area (Å²) in [6.45, 7) is 7.13. The highest BCUT2D eigenvalue weighted by atomic mass is 16.2. The largest absolute Gasteiger partial charge is 0.352 e. The Bertz CT molecular complexity index is 649. The summed E-state index contributed by atoms with van der Waals surface area (Å²) in [5.41, 5.74) is 1.32. The molecule has 5 nitrogen and oxygen atoms in total. The fraction of sp³-hybridized carbons (Fsp3) is 0.667. The molecule has 1 aliphatic heterocycles. The smallest absolute Gasteiger partial charge is 0.237 e. The molecule has 0 spiro atoms. The van der Waals surface area contributed by atoms with Gasteiger partial charge in [-0.05, 0) is 44.1 Å². The predicted molar refractivity (Wildman–Crippen MR) is 117 cm³/mol. The molecule has 1 aromatic rings. The molecule has 2 fully saturated rings. The van der Waals surface area contributed by atoms with E-state index < -0.39 is 0 Å². The second kappa shape index (κ2) is 10.8. The van der Waals surface area contributed by atoms with Crippen LogP contribution in [0.3, 0.4) is 0 Å². The van der Waals surface area contributed by atoms with Gasteiger partial charge in [0.1, 0.15) is 0 Å². The monoisotopic (exact) mass is 399 g/mol. The first-order valence-electron chi connectivity index (χ1n) is 11.4. The number of carbonyl (C=O) groups excluding carboxylic acids is 2. The van der Waals surface area contributed by atoms with Gasteiger partial charge in [0.05, 0.1) is 6.04 Å². The molecule has 5 heteroatoms. The zero-order valence-corrected chi connectivity index (χ0v) is 18.1. The third-order valence-electron chi connectivity index (χ3n) is 6.58. The minimum absolute atomic E-state index is 0.0458. The van der Waals surface area contributed by atoms with Gasteiger partial charge in [-0.1, -0.05) is 50.1 Å². The van der Waals surface area contributed by atoms with Crippen LogP contribution in [0.4, 0.5) is 0 Å². The second-order valence-corrected chi connectivity index (χ2v) is 8.69. The molecular weight excluding hydrogens is 362 g/mol. The third kappa shape index (κ3) is 6.05. The number of hydrogen-bond donors (Lipinski definition) is 1. The van der Waals surface area contributed by atoms with Gasteiger partial charge < -0.3 is 10.2 Å². The summed E-state index contributed by atoms with van der Waals surface area (Å²) in [7, 11) is 0. The maximum Gasteiger partial charge on any atom is 0.237 e. The van der Waals surface area contributed by atoms with E-state index in [9.17, 15) is 9.59 Å². The van der Waals surface area contributed by atoms with Crippen LogP contribution in [0.25, 0.3) is 0 Å². The van der Waals surface area contributed by atoms with Gasteiger partial charge in [-0.25, -0.2) is 0 Å². The number of aryl methyl sites for hydroxylation is 1. The maximum atomic E-state index is 13.3. The van der Waals surface area contributed by atoms with Crippen molar-refractivity contribution in [1.29, 1.82) is 0 Å². The van der Waals surface area contributed by atoms with E-state index in [2.05, 4.69) is 41.4 Å². The quantitative estimate of drug-likeness (QED) is 0.730. The van der Waals surface area contributed by atoms with Gasteiger partial charge in [0.25, 0.3) is 0 Å². The van der Waals surface area contributed by atoms with Crippen LogP contribution in [-0.2, 0) is 16.0 Å². The molecule has 2 amide bonds. The number of rotatable bonds is 8. The van der Waals surface area contributed by atoms with E-state index in [0.29, 0.717) is 12.3 Å². The lowest BCUT2D eigenvalue weighted by atomic mass is 9.94. The fourth-order valence-electron chi connectivity index (χ4n) is 4.85. The van der Waals surface area contributed by atoms with Gasteiger partial charge in [0.15, 0.2) is 0 Å². The number of amides is 2. The van der Waals surface area contributed by atoms with Crippen molar-refractivity contribution in [2.24, 2.45) is 5.92 Å². The number of piperazine rings is 1. The highest BCUT2D eigenvalue weighted by Crippen LogP contribution is 2.31. The molecule has 1 aromatic carbocycles. The third-order valence-corrected chi connectivity index (χ3v) is 6.58. The first-order chi connectivity index (χ1) is 14.1. The molecule has 1 N–H and O–H groups in total. The minimum atomic E-state index is -0.0458. The van der Waals surface area contributed by atoms with Crippen LogP contribution in [0.1, 0.15) is 57.9 Å². The Balaban J connectivity index is 1.56. The van der Waals surface area contributed by atoms with Gasteiger partial charge in [-0.3, -0.25) is 14.5 Å². The zero-order chi connectivity index (χ0) is 20.6. The highest BCUT2D eigenvalue weighted by molar-refractivity contribution is 5.82. The number of nitrogens with one attached hydrogen (secondary N) is 1. The lowest BCUT2D eigenvalue weighted by molar-refractivity contribution is -0.135. The fourth-order valence-corrected chi connectivity index (χ4v) is 4.85. The second-order valence-electron chi connectivity index (χ2n) is 8.69. The average molecular weight is 400 g/mol. The Kier molecular flexibility index (Phi) is 8.10. The van der Waals surface area contributed by atoms with Crippen LogP contribution in [0.2, 0.25) is 0 Å². The van der Waals surface area contributed by atoms with E-state index in [4.69, 9.17) is 0 Å². The van der Waals surface area contributed by atoms with E-state index in [1.54, 1.807) is 0 Å². The van der Waals surface area contributed by atoms with Crippen LogP contribution in [0.15, 0.2) is 30.3 Å². The number of nitrogens with zero attached hydrogens (tertiary/aromatic N) is 2. The molecule has 2 unspecified atom stereocenters. The van der Waals surface area contributed by atoms with Gasteiger partial charge in [-0.15, -0.1) is 0 Å². The molecule has 2 atom stereocenters. The summed E-state index contributed by atoms with van der Waals surface area (Å²) in [6.07, 6.45) is 7.24. The number of benzene rings is 1. The molecule has 2 aliphatic rings. The molecule has 0 aromatic heterocycles. The van der Waals surface area contributed by atoms with E-state index in [-0.39, 0.29) is 23.9 Å². The number of hydrogen-bond acceptors (Lipinski definition) is 3. The molecule has 1 aliphatic carbocycles. The Morgan fingerprint density at radius 1 is 1.07 bits per heavy atom. The molecule has 1 heterocycles. The van der Waals surface area contributed by atoms with Gasteiger partial charge in [0.2, 0.25) is 11.8 Å². The summed E-state index contributed by atoms with van der Waals surface area (Å²) < 4.78 is 0. The van der Waals surface area contributed by atoms with Crippen LogP contribution in [0, 0.1) is 5.92 Å². The molecule has 1 saturated heterocycles. The molecule has 0 radical (unpaired) electrons. The molecular formula is C24H37N3O2. The van der Waals surface area contributed by atoms with Crippen molar-refractivity contribution in [2.75, 3.05) is 26.2 Å². The predicted octanol–water partition coefficient (Wildman–Crippen LogP) is 3.24. The van der Waals surface area contributed by atoms with Crippen molar-refractivity contribution in [1.82, 2.24) is 15.1 Å². The first-order valence-corrected chi connectivity index (χ1v) is 11.4. The standard InChI is InChI=1S/C24H37N3O2/c1-3-22(28)26-15-17-27(18-16-26)23(21-11-7-8-12-21)24(29)25-19(2)13-14-20-9-5-4-6-10-20/h4-6,9-10,19,21,23H,3,7-8,11-18H2,1-2H3,(H,25,29). The van der Waals surface area contributed by atoms with Gasteiger partial charge >= 0.3 is 0 Å². The van der Waals surface area contributed by atoms with Crippen LogP contribution in [-0.4, -0.2) is 59.9 Å². The molecule has 1 saturated carbocycles. The van der Waals surface area contributed by atoms with E-state index in [0.717, 1.165) is 51.9 Å². The average Bonchev–Trinajstić information content (AvgIpc) is 3.27. The van der Waals surface area contributed by atoms with Crippen molar-refractivity contribution in [3.05, 3.63) is 35.9 Å². The Labute approximate surface area is 175 Å². The summed E-state index contributed by atoms with van der Waals surface area (Å²) in [6, 6.07) is 10.6. The van der Waals surface area contributed by atoms with Crippen molar-refractivity contribution < 1.29 is 9.59 Å². The maximum absolute atomic E-state index is 13.3. The Hall–Kier alpha value is -1.88. The van der Waals surface area contributed by atoms with E-state index >= 15 is 0 Å². The molecule has 29 heavy (non-hydrogen) atoms. The van der Waals surface area contributed by atoms with Crippen LogP contribution < -0.4 is 5.32 Å². The Morgan fingerprint density at radius 2 is 1.72 bits per heavy atom. The van der Waals surface area contributed by atoms with Crippen molar-refractivity contribution in [2.45, 2.75) is 70.9 Å². The minimum Gasteiger partial charge on any atom is -0.352 e. The lowest BCUT2D eigenvalue weighted by Crippen LogP contribution is -2.58. The topological polar surface area (TPSA) is 52.7 Å². The van der Waals surface area contributed by atoms with Crippen LogP contribution in [0.5, 0.6) is 0 Å². The molecule has 160 valence electrons. The van der Waals surface area contributed by atoms with E-state index in [1.165, 1.54) is 18.4 Å². The molecule has 0 bridgehead atoms. The summed E-state index contributed by atoms with van der Waals surface area (Å²) in [5.74, 6) is 0.860. The van der Waals surface area contributed by atoms with Gasteiger partial charge in [0, 0.05) is 38.6 Å². The van der Waals surface area contributed by atoms with E-state index in [1.807, 2.05) is 17.9 Å². The first kappa shape index (κ1) is 21.8. The normalized spacial score (nSPS) is 20.4. The van der Waals surface area contributed by atoms with Crippen molar-refractivity contribution in [3.63, 3.8) is 0 Å². The summed E-state index contributed by atoms with van der Waals surface area (Å²) in [5, 5.41) is 3.31. The van der Waals surface area contributed by atoms with Crippen LogP contribution >= 0.6 is 0 Å². The number of carbonyl (C=O) groups is 2. The lowest BCUT2D eigenvalue weighted by Gasteiger charge is -2.41.